The minimum absolute atomic E-state index is 0.715. The van der Waals surface area contributed by atoms with Gasteiger partial charge in [-0.15, -0.1) is 0 Å². The van der Waals surface area contributed by atoms with E-state index in [1.807, 2.05) is 6.20 Å². The Morgan fingerprint density at radius 3 is 2.39 bits per heavy atom. The SMILES string of the molecule is CCc1nc2n(-c3c(C)cc(C)cc3C)c(Cl)cn2c1CN(CC)CC1CC1. The van der Waals surface area contributed by atoms with Crippen molar-refractivity contribution in [2.45, 2.75) is 60.4 Å². The van der Waals surface area contributed by atoms with Gasteiger partial charge in [-0.2, -0.15) is 0 Å². The number of imidazole rings is 2. The highest BCUT2D eigenvalue weighted by Gasteiger charge is 2.26. The van der Waals surface area contributed by atoms with Crippen LogP contribution in [0.15, 0.2) is 18.3 Å². The van der Waals surface area contributed by atoms with Gasteiger partial charge in [0.2, 0.25) is 5.78 Å². The first kappa shape index (κ1) is 19.5. The first-order chi connectivity index (χ1) is 13.4. The largest absolute Gasteiger partial charge is 0.298 e. The number of rotatable bonds is 7. The summed E-state index contributed by atoms with van der Waals surface area (Å²) < 4.78 is 4.33. The number of hydrogen-bond donors (Lipinski definition) is 0. The van der Waals surface area contributed by atoms with Gasteiger partial charge < -0.3 is 0 Å². The van der Waals surface area contributed by atoms with Crippen LogP contribution in [-0.2, 0) is 13.0 Å². The Morgan fingerprint density at radius 2 is 1.82 bits per heavy atom. The Bertz CT molecular complexity index is 986. The molecule has 0 aliphatic heterocycles. The molecule has 0 radical (unpaired) electrons. The summed E-state index contributed by atoms with van der Waals surface area (Å²) in [7, 11) is 0. The summed E-state index contributed by atoms with van der Waals surface area (Å²) in [5.41, 5.74) is 7.33. The zero-order chi connectivity index (χ0) is 20.0. The van der Waals surface area contributed by atoms with Crippen molar-refractivity contribution >= 4 is 17.4 Å². The van der Waals surface area contributed by atoms with Crippen LogP contribution >= 0.6 is 11.6 Å². The van der Waals surface area contributed by atoms with E-state index in [9.17, 15) is 0 Å². The summed E-state index contributed by atoms with van der Waals surface area (Å²) in [4.78, 5) is 7.58. The molecule has 1 fully saturated rings. The van der Waals surface area contributed by atoms with Crippen LogP contribution in [-0.4, -0.2) is 31.9 Å². The van der Waals surface area contributed by atoms with Crippen molar-refractivity contribution in [3.63, 3.8) is 0 Å². The van der Waals surface area contributed by atoms with Crippen molar-refractivity contribution < 1.29 is 0 Å². The summed E-state index contributed by atoms with van der Waals surface area (Å²) >= 11 is 6.75. The standard InChI is InChI=1S/C23H31ClN4/c1-6-19-20(13-26(7-2)12-18-8-9-18)27-14-21(24)28(23(27)25-19)22-16(4)10-15(3)11-17(22)5/h10-11,14,18H,6-9,12-13H2,1-5H3. The lowest BCUT2D eigenvalue weighted by molar-refractivity contribution is 0.264. The van der Waals surface area contributed by atoms with Gasteiger partial charge in [-0.25, -0.2) is 4.98 Å². The maximum atomic E-state index is 6.75. The molecule has 0 bridgehead atoms. The smallest absolute Gasteiger partial charge is 0.220 e. The molecule has 1 aromatic carbocycles. The van der Waals surface area contributed by atoms with E-state index in [4.69, 9.17) is 16.6 Å². The topological polar surface area (TPSA) is 25.5 Å². The van der Waals surface area contributed by atoms with Crippen molar-refractivity contribution in [1.82, 2.24) is 18.9 Å². The highest BCUT2D eigenvalue weighted by atomic mass is 35.5. The third kappa shape index (κ3) is 3.48. The maximum Gasteiger partial charge on any atom is 0.220 e. The van der Waals surface area contributed by atoms with Crippen LogP contribution in [0.5, 0.6) is 0 Å². The van der Waals surface area contributed by atoms with Gasteiger partial charge in [0.1, 0.15) is 5.15 Å². The van der Waals surface area contributed by atoms with E-state index in [2.05, 4.69) is 60.6 Å². The molecular weight excluding hydrogens is 368 g/mol. The lowest BCUT2D eigenvalue weighted by Gasteiger charge is -2.20. The van der Waals surface area contributed by atoms with E-state index in [0.717, 1.165) is 36.9 Å². The number of fused-ring (bicyclic) bond motifs is 1. The van der Waals surface area contributed by atoms with E-state index in [1.165, 1.54) is 47.5 Å². The number of aryl methyl sites for hydroxylation is 4. The Labute approximate surface area is 173 Å². The van der Waals surface area contributed by atoms with Crippen molar-refractivity contribution in [3.8, 4) is 5.69 Å². The molecule has 1 aliphatic carbocycles. The molecule has 28 heavy (non-hydrogen) atoms. The zero-order valence-corrected chi connectivity index (χ0v) is 18.5. The minimum Gasteiger partial charge on any atom is -0.298 e. The van der Waals surface area contributed by atoms with E-state index in [-0.39, 0.29) is 0 Å². The molecule has 0 atom stereocenters. The second kappa shape index (κ2) is 7.57. The average molecular weight is 399 g/mol. The summed E-state index contributed by atoms with van der Waals surface area (Å²) in [6, 6.07) is 4.43. The van der Waals surface area contributed by atoms with Gasteiger partial charge in [-0.05, 0) is 63.6 Å². The molecule has 4 rings (SSSR count). The highest BCUT2D eigenvalue weighted by Crippen LogP contribution is 2.32. The summed E-state index contributed by atoms with van der Waals surface area (Å²) in [6.45, 7) is 14.1. The van der Waals surface area contributed by atoms with Crippen molar-refractivity contribution in [2.24, 2.45) is 5.92 Å². The summed E-state index contributed by atoms with van der Waals surface area (Å²) in [6.07, 6.45) is 5.74. The molecule has 0 spiro atoms. The molecule has 4 nitrogen and oxygen atoms in total. The van der Waals surface area contributed by atoms with Crippen LogP contribution in [0.25, 0.3) is 11.5 Å². The zero-order valence-electron chi connectivity index (χ0n) is 17.7. The summed E-state index contributed by atoms with van der Waals surface area (Å²) in [5.74, 6) is 1.81. The van der Waals surface area contributed by atoms with Crippen LogP contribution in [0.1, 0.15) is 54.8 Å². The van der Waals surface area contributed by atoms with Crippen LogP contribution in [0, 0.1) is 26.7 Å². The second-order valence-electron chi connectivity index (χ2n) is 8.33. The third-order valence-corrected chi connectivity index (χ3v) is 6.22. The van der Waals surface area contributed by atoms with Gasteiger partial charge in [-0.3, -0.25) is 13.9 Å². The van der Waals surface area contributed by atoms with Gasteiger partial charge in [-0.1, -0.05) is 43.1 Å². The molecule has 2 heterocycles. The number of nitrogens with zero attached hydrogens (tertiary/aromatic N) is 4. The Kier molecular flexibility index (Phi) is 5.28. The maximum absolute atomic E-state index is 6.75. The molecule has 1 aliphatic rings. The van der Waals surface area contributed by atoms with Crippen LogP contribution in [0.2, 0.25) is 5.15 Å². The monoisotopic (exact) mass is 398 g/mol. The lowest BCUT2D eigenvalue weighted by Crippen LogP contribution is -2.26. The predicted octanol–water partition coefficient (Wildman–Crippen LogP) is 5.50. The normalized spacial score (nSPS) is 14.5. The molecule has 3 aromatic rings. The molecule has 0 N–H and O–H groups in total. The molecule has 0 amide bonds. The number of halogens is 1. The Morgan fingerprint density at radius 1 is 1.14 bits per heavy atom. The predicted molar refractivity (Wildman–Crippen MR) is 117 cm³/mol. The van der Waals surface area contributed by atoms with Crippen molar-refractivity contribution in [3.05, 3.63) is 51.6 Å². The fourth-order valence-corrected chi connectivity index (χ4v) is 4.68. The molecule has 0 unspecified atom stereocenters. The Hall–Kier alpha value is -1.78. The second-order valence-corrected chi connectivity index (χ2v) is 8.72. The van der Waals surface area contributed by atoms with Gasteiger partial charge in [0, 0.05) is 19.3 Å². The van der Waals surface area contributed by atoms with Gasteiger partial charge in [0.15, 0.2) is 0 Å². The average Bonchev–Trinajstić information content (AvgIpc) is 3.32. The Balaban J connectivity index is 1.82. The molecule has 5 heteroatoms. The first-order valence-corrected chi connectivity index (χ1v) is 10.9. The molecule has 2 aromatic heterocycles. The van der Waals surface area contributed by atoms with Gasteiger partial charge in [0.05, 0.1) is 17.1 Å². The van der Waals surface area contributed by atoms with E-state index in [1.54, 1.807) is 0 Å². The fourth-order valence-electron chi connectivity index (χ4n) is 4.42. The quantitative estimate of drug-likeness (QED) is 0.525. The van der Waals surface area contributed by atoms with Crippen molar-refractivity contribution in [1.29, 1.82) is 0 Å². The number of aromatic nitrogens is 3. The third-order valence-electron chi connectivity index (χ3n) is 5.95. The number of hydrogen-bond acceptors (Lipinski definition) is 2. The first-order valence-electron chi connectivity index (χ1n) is 10.5. The highest BCUT2D eigenvalue weighted by molar-refractivity contribution is 6.30. The molecular formula is C23H31ClN4. The van der Waals surface area contributed by atoms with Gasteiger partial charge >= 0.3 is 0 Å². The summed E-state index contributed by atoms with van der Waals surface area (Å²) in [5, 5.41) is 0.715. The number of benzene rings is 1. The van der Waals surface area contributed by atoms with Crippen LogP contribution in [0.4, 0.5) is 0 Å². The lowest BCUT2D eigenvalue weighted by atomic mass is 10.1. The molecule has 0 saturated heterocycles. The van der Waals surface area contributed by atoms with Crippen LogP contribution < -0.4 is 0 Å². The molecule has 1 saturated carbocycles. The minimum atomic E-state index is 0.715. The van der Waals surface area contributed by atoms with E-state index < -0.39 is 0 Å². The van der Waals surface area contributed by atoms with E-state index in [0.29, 0.717) is 5.15 Å². The van der Waals surface area contributed by atoms with Gasteiger partial charge in [0.25, 0.3) is 0 Å². The van der Waals surface area contributed by atoms with E-state index >= 15 is 0 Å². The van der Waals surface area contributed by atoms with Crippen LogP contribution in [0.3, 0.4) is 0 Å². The van der Waals surface area contributed by atoms with Crippen molar-refractivity contribution in [2.75, 3.05) is 13.1 Å². The molecule has 150 valence electrons. The fraction of sp³-hybridized carbons (Fsp3) is 0.522.